The lowest BCUT2D eigenvalue weighted by atomic mass is 9.87. The van der Waals surface area contributed by atoms with Gasteiger partial charge in [-0.05, 0) is 135 Å². The summed E-state index contributed by atoms with van der Waals surface area (Å²) in [5, 5.41) is 4.80. The topological polar surface area (TPSA) is 132 Å². The highest BCUT2D eigenvalue weighted by Gasteiger charge is 2.57. The Labute approximate surface area is 714 Å². The molecule has 5 aromatic carbocycles. The molecule has 634 valence electrons. The molecule has 10 saturated heterocycles. The summed E-state index contributed by atoms with van der Waals surface area (Å²) in [5.41, 5.74) is 6.84. The molecule has 10 fully saturated rings. The van der Waals surface area contributed by atoms with Crippen LogP contribution in [0.5, 0.6) is 0 Å². The van der Waals surface area contributed by atoms with Gasteiger partial charge in [0.25, 0.3) is 0 Å². The summed E-state index contributed by atoms with van der Waals surface area (Å²) >= 11 is 2.12. The highest BCUT2D eigenvalue weighted by atomic mass is 32.2. The summed E-state index contributed by atoms with van der Waals surface area (Å²) in [6.45, 7) is 63.4. The van der Waals surface area contributed by atoms with Crippen LogP contribution in [0.25, 0.3) is 0 Å². The van der Waals surface area contributed by atoms with Crippen LogP contribution in [0.4, 0.5) is 0 Å². The maximum atomic E-state index is 13.1. The Bertz CT molecular complexity index is 3960. The molecule has 10 bridgehead atoms. The van der Waals surface area contributed by atoms with Gasteiger partial charge in [0.2, 0.25) is 17.7 Å². The quantitative estimate of drug-likeness (QED) is 0.157. The molecule has 3 amide bonds. The summed E-state index contributed by atoms with van der Waals surface area (Å²) in [6, 6.07) is 46.0. The number of nitrogens with zero attached hydrogens (tertiary/aromatic N) is 3. The van der Waals surface area contributed by atoms with Gasteiger partial charge < -0.3 is 33.6 Å². The SMILES string of the molecule is CC(C)(C)C(=O)N1CC2CN(C(=O)C(C)(C)C)CC(C1)[S+]2c1ccc(C(C)(C)C)cc1.CC(C)(C)C(=O)N1CC2COCC(C1)[S+]2c1ccc(C(C)(C)C)cc1.CC(C)(C)c1ccc([S+]2C3CCCC2CS(=O)(=O)C3)cc1.CC(C)(C)c1ccc([S+]2C3COCC2COC3)cc1.CC(C)(C)c1ccc([S+]2C3COCC2CSC3)cc1. The summed E-state index contributed by atoms with van der Waals surface area (Å²) in [4.78, 5) is 52.4. The second kappa shape index (κ2) is 36.8. The van der Waals surface area contributed by atoms with E-state index >= 15 is 0 Å². The predicted octanol–water partition coefficient (Wildman–Crippen LogP) is 17.6. The van der Waals surface area contributed by atoms with Crippen molar-refractivity contribution < 1.29 is 41.7 Å². The Morgan fingerprint density at radius 3 is 0.739 bits per heavy atom. The average Bonchev–Trinajstić information content (AvgIpc) is 0.643. The normalized spacial score (nSPS) is 28.8. The first-order valence-corrected chi connectivity index (χ1v) is 52.4. The van der Waals surface area contributed by atoms with Gasteiger partial charge in [0.15, 0.2) is 76.3 Å². The lowest BCUT2D eigenvalue weighted by molar-refractivity contribution is -0.143. The van der Waals surface area contributed by atoms with Gasteiger partial charge >= 0.3 is 0 Å². The minimum absolute atomic E-state index is 0.0453. The van der Waals surface area contributed by atoms with Crippen LogP contribution in [-0.4, -0.2) is 208 Å². The monoisotopic (exact) mass is 1710 g/mol. The molecule has 12 nitrogen and oxygen atoms in total. The standard InChI is InChI=1S/C26H41N2O2S.C21H32NO2S.C17H25O2S2.C16H23O2S.C16H23OS2/c1-24(2,3)18-10-12-19(13-11-18)31-20-14-27(22(29)25(4,5)6)15-21(31)17-28(16-20)23(30)26(7,8)9;1-20(2,3)15-7-9-16(10-8-15)25-17-11-22(19(23)21(4,5)6)12-18(25)14-24-13-17;1-17(2,3)13-7-9-14(10-8-13)20-15-5-4-6-16(20)12-21(18,19)11-15;1-16(2,3)12-4-6-13(7-5-12)19-14-8-17-10-15(19)11-18-9-14;1-16(2,3)12-4-6-13(7-5-12)19-14-8-17-9-15(19)11-18-10-14/h10-13,20-21H,14-17H2,1-9H3;7-10,17-18H,11-14H2,1-6H3;7-10,15-16H,4-6,11-12H2,1-3H3;2*4-7,14-15H,8-11H2,1-3H3/q5*+1. The average molecular weight is 1710 g/mol. The van der Waals surface area contributed by atoms with Crippen molar-refractivity contribution in [3.05, 3.63) is 149 Å². The zero-order valence-corrected chi connectivity index (χ0v) is 80.3. The molecular formula is C96H144N3O9S7+5. The van der Waals surface area contributed by atoms with Crippen molar-refractivity contribution >= 4 is 93.8 Å². The first-order valence-electron chi connectivity index (χ1n) is 42.6. The summed E-state index contributed by atoms with van der Waals surface area (Å²) in [6.07, 6.45) is 3.37. The lowest BCUT2D eigenvalue weighted by Gasteiger charge is -2.46. The number of hydrogen-bond acceptors (Lipinski definition) is 10. The van der Waals surface area contributed by atoms with Crippen molar-refractivity contribution in [3.63, 3.8) is 0 Å². The Morgan fingerprint density at radius 1 is 0.296 bits per heavy atom. The van der Waals surface area contributed by atoms with E-state index in [-0.39, 0.29) is 93.7 Å². The van der Waals surface area contributed by atoms with Crippen LogP contribution >= 0.6 is 11.8 Å². The fourth-order valence-corrected chi connectivity index (χ4v) is 37.8. The Kier molecular flexibility index (Phi) is 29.5. The van der Waals surface area contributed by atoms with Gasteiger partial charge in [-0.3, -0.25) is 14.4 Å². The summed E-state index contributed by atoms with van der Waals surface area (Å²) < 4.78 is 47.1. The molecule has 0 saturated carbocycles. The molecule has 19 heteroatoms. The van der Waals surface area contributed by atoms with E-state index in [1.165, 1.54) is 65.3 Å². The fraction of sp³-hybridized carbons (Fsp3) is 0.656. The van der Waals surface area contributed by atoms with Gasteiger partial charge in [-0.25, -0.2) is 8.42 Å². The van der Waals surface area contributed by atoms with Crippen LogP contribution in [0.2, 0.25) is 0 Å². The van der Waals surface area contributed by atoms with Crippen molar-refractivity contribution in [2.24, 2.45) is 16.2 Å². The maximum Gasteiger partial charge on any atom is 0.228 e. The van der Waals surface area contributed by atoms with Gasteiger partial charge in [-0.2, -0.15) is 11.8 Å². The molecule has 0 radical (unpaired) electrons. The Hall–Kier alpha value is -3.60. The minimum atomic E-state index is -2.81. The molecule has 0 aliphatic carbocycles. The van der Waals surface area contributed by atoms with E-state index in [2.05, 4.69) is 252 Å². The van der Waals surface area contributed by atoms with Gasteiger partial charge in [-0.15, -0.1) is 0 Å². The molecule has 0 N–H and O–H groups in total. The van der Waals surface area contributed by atoms with Crippen LogP contribution < -0.4 is 0 Å². The number of amides is 3. The third kappa shape index (κ3) is 23.2. The fourth-order valence-electron chi connectivity index (χ4n) is 17.5. The number of benzene rings is 5. The molecule has 6 atom stereocenters. The maximum absolute atomic E-state index is 13.1. The summed E-state index contributed by atoms with van der Waals surface area (Å²) in [5.74, 6) is 4.10. The van der Waals surface area contributed by atoms with Crippen LogP contribution in [-0.2, 0) is 125 Å². The molecule has 6 unspecified atom stereocenters. The second-order valence-corrected chi connectivity index (χ2v) is 58.0. The molecule has 10 aliphatic heterocycles. The molecule has 10 aliphatic rings. The van der Waals surface area contributed by atoms with Gasteiger partial charge in [0, 0.05) is 82.2 Å². The molecule has 5 aromatic rings. The van der Waals surface area contributed by atoms with E-state index in [9.17, 15) is 22.8 Å². The summed E-state index contributed by atoms with van der Waals surface area (Å²) in [7, 11) is -1.72. The van der Waals surface area contributed by atoms with Crippen LogP contribution in [0.1, 0.15) is 213 Å². The van der Waals surface area contributed by atoms with Crippen molar-refractivity contribution in [1.82, 2.24) is 14.7 Å². The largest absolute Gasteiger partial charge is 0.371 e. The van der Waals surface area contributed by atoms with Crippen molar-refractivity contribution in [2.45, 2.75) is 289 Å². The highest BCUT2D eigenvalue weighted by molar-refractivity contribution is 8.06. The minimum Gasteiger partial charge on any atom is -0.371 e. The second-order valence-electron chi connectivity index (χ2n) is 42.0. The Morgan fingerprint density at radius 2 is 0.496 bits per heavy atom. The Balaban J connectivity index is 0.000000143. The van der Waals surface area contributed by atoms with Gasteiger partial charge in [0.1, 0.15) is 10.5 Å². The van der Waals surface area contributed by atoms with Gasteiger partial charge in [0.05, 0.1) is 104 Å². The van der Waals surface area contributed by atoms with Crippen LogP contribution in [0, 0.1) is 16.2 Å². The first-order chi connectivity index (χ1) is 53.5. The number of thioether (sulfide) groups is 1. The third-order valence-electron chi connectivity index (χ3n) is 23.9. The third-order valence-corrected chi connectivity index (χ3v) is 42.2. The molecule has 115 heavy (non-hydrogen) atoms. The molecule has 15 rings (SSSR count). The van der Waals surface area contributed by atoms with Crippen LogP contribution in [0.3, 0.4) is 0 Å². The predicted molar refractivity (Wildman–Crippen MR) is 493 cm³/mol. The van der Waals surface area contributed by atoms with Crippen molar-refractivity contribution in [2.75, 3.05) is 115 Å². The number of carbonyl (C=O) groups excluding carboxylic acids is 3. The molecule has 10 heterocycles. The molecule has 0 spiro atoms. The van der Waals surface area contributed by atoms with E-state index in [1.54, 1.807) is 4.90 Å². The van der Waals surface area contributed by atoms with E-state index in [0.29, 0.717) is 75.3 Å². The number of ether oxygens (including phenoxy) is 4. The van der Waals surface area contributed by atoms with Crippen LogP contribution in [0.15, 0.2) is 146 Å². The smallest absolute Gasteiger partial charge is 0.228 e. The number of hydrogen-bond donors (Lipinski definition) is 0. The number of sulfone groups is 1. The lowest BCUT2D eigenvalue weighted by Crippen LogP contribution is -2.66. The first kappa shape index (κ1) is 92.1. The zero-order valence-electron chi connectivity index (χ0n) is 74.5. The number of carbonyl (C=O) groups is 3. The van der Waals surface area contributed by atoms with E-state index in [0.717, 1.165) is 115 Å². The van der Waals surface area contributed by atoms with Gasteiger partial charge in [-0.1, -0.05) is 227 Å². The highest BCUT2D eigenvalue weighted by Crippen LogP contribution is 2.44. The van der Waals surface area contributed by atoms with E-state index < -0.39 is 9.84 Å². The van der Waals surface area contributed by atoms with E-state index in [4.69, 9.17) is 18.9 Å². The zero-order chi connectivity index (χ0) is 83.9. The number of rotatable bonds is 5. The van der Waals surface area contributed by atoms with Crippen molar-refractivity contribution in [3.8, 4) is 0 Å². The van der Waals surface area contributed by atoms with Crippen molar-refractivity contribution in [1.29, 1.82) is 0 Å². The molecular weight excluding hydrogens is 1560 g/mol. The molecule has 0 aromatic heterocycles. The van der Waals surface area contributed by atoms with E-state index in [1.807, 2.05) is 62.3 Å². The number of fused-ring (bicyclic) bond motifs is 10.